The molecule has 3 atom stereocenters. The first-order valence-corrected chi connectivity index (χ1v) is 16.5. The Balaban J connectivity index is 5.55. The molecule has 0 saturated heterocycles. The van der Waals surface area contributed by atoms with E-state index in [1.165, 1.54) is 28.4 Å². The van der Waals surface area contributed by atoms with Crippen LogP contribution in [0.1, 0.15) is 44.9 Å². The third-order valence-corrected chi connectivity index (χ3v) is 7.25. The van der Waals surface area contributed by atoms with Crippen LogP contribution in [0.3, 0.4) is 0 Å². The topological polar surface area (TPSA) is 294 Å². The van der Waals surface area contributed by atoms with Gasteiger partial charge < -0.3 is 51.3 Å². The highest BCUT2D eigenvalue weighted by atomic mass is 16.5. The summed E-state index contributed by atoms with van der Waals surface area (Å²) in [7, 11) is 5.56. The molecule has 0 radical (unpaired) electrons. The lowest BCUT2D eigenvalue weighted by atomic mass is 9.89. The minimum Gasteiger partial charge on any atom is -0.383 e. The number of ketones is 5. The Morgan fingerprint density at radius 1 is 0.519 bits per heavy atom. The molecule has 0 saturated carbocycles. The molecule has 0 aliphatic rings. The van der Waals surface area contributed by atoms with Crippen molar-refractivity contribution in [2.24, 2.45) is 11.7 Å². The fourth-order valence-electron chi connectivity index (χ4n) is 4.29. The van der Waals surface area contributed by atoms with E-state index < -0.39 is 102 Å². The molecule has 0 aliphatic carbocycles. The van der Waals surface area contributed by atoms with E-state index in [0.29, 0.717) is 0 Å². The summed E-state index contributed by atoms with van der Waals surface area (Å²) in [5.41, 5.74) is 5.97. The SMILES string of the molecule is COCCNC(=O)C(=O)CCC(CC(=O)CCC(N)C(=O)NC(CCC(=O)C(=O)NCCOC)C(=O)C(=O)NCCOC)C(=O)C(=O)NCCOC. The summed E-state index contributed by atoms with van der Waals surface area (Å²) in [5.74, 6) is -10.7. The summed E-state index contributed by atoms with van der Waals surface area (Å²) in [6.45, 7) is 0.586. The normalized spacial score (nSPS) is 12.4. The second kappa shape index (κ2) is 28.1. The number of carbonyl (C=O) groups excluding carboxylic acids is 10. The van der Waals surface area contributed by atoms with Crippen LogP contribution in [-0.4, -0.2) is 152 Å². The summed E-state index contributed by atoms with van der Waals surface area (Å²) in [6.07, 6.45) is -2.86. The Morgan fingerprint density at radius 3 is 1.37 bits per heavy atom. The molecule has 0 heterocycles. The van der Waals surface area contributed by atoms with Gasteiger partial charge in [-0.3, -0.25) is 47.9 Å². The molecular formula is C32H52N6O14. The predicted molar refractivity (Wildman–Crippen MR) is 180 cm³/mol. The molecule has 0 rings (SSSR count). The highest BCUT2D eigenvalue weighted by Gasteiger charge is 2.31. The lowest BCUT2D eigenvalue weighted by Crippen LogP contribution is -2.52. The molecule has 3 unspecified atom stereocenters. The van der Waals surface area contributed by atoms with Crippen molar-refractivity contribution in [1.82, 2.24) is 26.6 Å². The first-order valence-electron chi connectivity index (χ1n) is 16.5. The van der Waals surface area contributed by atoms with Crippen LogP contribution < -0.4 is 32.3 Å². The van der Waals surface area contributed by atoms with Gasteiger partial charge in [-0.25, -0.2) is 0 Å². The molecule has 20 heteroatoms. The monoisotopic (exact) mass is 744 g/mol. The molecule has 294 valence electrons. The number of rotatable bonds is 31. The van der Waals surface area contributed by atoms with Gasteiger partial charge in [0.05, 0.1) is 38.5 Å². The average Bonchev–Trinajstić information content (AvgIpc) is 3.12. The largest absolute Gasteiger partial charge is 0.383 e. The number of nitrogens with two attached hydrogens (primary N) is 1. The van der Waals surface area contributed by atoms with E-state index in [4.69, 9.17) is 24.7 Å². The number of Topliss-reactive ketones (excluding diaryl/α,β-unsaturated/α-hetero) is 5. The van der Waals surface area contributed by atoms with E-state index in [1.54, 1.807) is 0 Å². The summed E-state index contributed by atoms with van der Waals surface area (Å²) in [4.78, 5) is 125. The first kappa shape index (κ1) is 47.5. The zero-order chi connectivity index (χ0) is 39.5. The van der Waals surface area contributed by atoms with Crippen molar-refractivity contribution < 1.29 is 66.9 Å². The van der Waals surface area contributed by atoms with E-state index >= 15 is 0 Å². The van der Waals surface area contributed by atoms with Crippen molar-refractivity contribution in [3.63, 3.8) is 0 Å². The molecule has 5 amide bonds. The van der Waals surface area contributed by atoms with Gasteiger partial charge in [0.25, 0.3) is 23.6 Å². The quantitative estimate of drug-likeness (QED) is 0.0292. The second-order valence-electron chi connectivity index (χ2n) is 11.3. The molecule has 0 aromatic heterocycles. The molecular weight excluding hydrogens is 692 g/mol. The highest BCUT2D eigenvalue weighted by Crippen LogP contribution is 2.17. The zero-order valence-corrected chi connectivity index (χ0v) is 30.1. The number of amides is 5. The number of hydrogen-bond donors (Lipinski definition) is 6. The smallest absolute Gasteiger partial charge is 0.289 e. The Hall–Kier alpha value is -4.50. The van der Waals surface area contributed by atoms with Crippen molar-refractivity contribution in [3.8, 4) is 0 Å². The lowest BCUT2D eigenvalue weighted by Gasteiger charge is -2.20. The van der Waals surface area contributed by atoms with Crippen LogP contribution in [0.25, 0.3) is 0 Å². The van der Waals surface area contributed by atoms with Crippen LogP contribution in [0.5, 0.6) is 0 Å². The lowest BCUT2D eigenvalue weighted by molar-refractivity contribution is -0.142. The number of methoxy groups -OCH3 is 4. The number of hydrogen-bond acceptors (Lipinski definition) is 15. The van der Waals surface area contributed by atoms with E-state index in [2.05, 4.69) is 26.6 Å². The van der Waals surface area contributed by atoms with Gasteiger partial charge >= 0.3 is 0 Å². The fourth-order valence-corrected chi connectivity index (χ4v) is 4.29. The van der Waals surface area contributed by atoms with Crippen LogP contribution in [0.2, 0.25) is 0 Å². The Labute approximate surface area is 301 Å². The third kappa shape index (κ3) is 20.4. The summed E-state index contributed by atoms with van der Waals surface area (Å²) >= 11 is 0. The molecule has 0 fully saturated rings. The molecule has 0 bridgehead atoms. The summed E-state index contributed by atoms with van der Waals surface area (Å²) in [5, 5.41) is 11.6. The van der Waals surface area contributed by atoms with Crippen LogP contribution in [0.15, 0.2) is 0 Å². The van der Waals surface area contributed by atoms with Crippen LogP contribution in [0, 0.1) is 5.92 Å². The van der Waals surface area contributed by atoms with E-state index in [0.717, 1.165) is 0 Å². The fraction of sp³-hybridized carbons (Fsp3) is 0.688. The van der Waals surface area contributed by atoms with Crippen molar-refractivity contribution in [3.05, 3.63) is 0 Å². The van der Waals surface area contributed by atoms with Gasteiger partial charge in [0.15, 0.2) is 0 Å². The molecule has 20 nitrogen and oxygen atoms in total. The maximum Gasteiger partial charge on any atom is 0.289 e. The summed E-state index contributed by atoms with van der Waals surface area (Å²) < 4.78 is 19.3. The van der Waals surface area contributed by atoms with Gasteiger partial charge in [0.1, 0.15) is 5.78 Å². The Kier molecular flexibility index (Phi) is 25.7. The number of ether oxygens (including phenoxy) is 4. The van der Waals surface area contributed by atoms with Crippen molar-refractivity contribution in [1.29, 1.82) is 0 Å². The number of carbonyl (C=O) groups is 10. The second-order valence-corrected chi connectivity index (χ2v) is 11.3. The van der Waals surface area contributed by atoms with Crippen molar-refractivity contribution >= 4 is 58.5 Å². The Morgan fingerprint density at radius 2 is 0.923 bits per heavy atom. The van der Waals surface area contributed by atoms with Gasteiger partial charge in [-0.1, -0.05) is 0 Å². The molecule has 0 aromatic rings. The van der Waals surface area contributed by atoms with Crippen LogP contribution in [-0.2, 0) is 66.9 Å². The van der Waals surface area contributed by atoms with Gasteiger partial charge in [-0.05, 0) is 19.3 Å². The average molecular weight is 745 g/mol. The van der Waals surface area contributed by atoms with Crippen molar-refractivity contribution in [2.75, 3.05) is 81.0 Å². The van der Waals surface area contributed by atoms with Gasteiger partial charge in [0, 0.05) is 86.2 Å². The minimum atomic E-state index is -1.56. The van der Waals surface area contributed by atoms with Gasteiger partial charge in [-0.15, -0.1) is 0 Å². The zero-order valence-electron chi connectivity index (χ0n) is 30.1. The van der Waals surface area contributed by atoms with E-state index in [1.807, 2.05) is 0 Å². The van der Waals surface area contributed by atoms with E-state index in [9.17, 15) is 47.9 Å². The molecule has 0 aliphatic heterocycles. The maximum absolute atomic E-state index is 13.0. The first-order chi connectivity index (χ1) is 24.7. The van der Waals surface area contributed by atoms with Crippen LogP contribution >= 0.6 is 0 Å². The molecule has 0 aromatic carbocycles. The number of nitrogens with one attached hydrogen (secondary N) is 5. The molecule has 7 N–H and O–H groups in total. The van der Waals surface area contributed by atoms with E-state index in [-0.39, 0.29) is 71.9 Å². The predicted octanol–water partition coefficient (Wildman–Crippen LogP) is -3.96. The van der Waals surface area contributed by atoms with Gasteiger partial charge in [0.2, 0.25) is 29.0 Å². The highest BCUT2D eigenvalue weighted by molar-refractivity contribution is 6.39. The summed E-state index contributed by atoms with van der Waals surface area (Å²) in [6, 6.07) is -2.97. The Bertz CT molecular complexity index is 1240. The minimum absolute atomic E-state index is 0.000592. The molecule has 52 heavy (non-hydrogen) atoms. The van der Waals surface area contributed by atoms with Crippen LogP contribution in [0.4, 0.5) is 0 Å². The van der Waals surface area contributed by atoms with Crippen molar-refractivity contribution in [2.45, 2.75) is 57.0 Å². The molecule has 0 spiro atoms. The van der Waals surface area contributed by atoms with Gasteiger partial charge in [-0.2, -0.15) is 0 Å². The standard InChI is InChI=1S/C32H52N6O14/c1-49-15-11-34-29(45)24(40)9-5-20(26(42)31(47)36-13-17-51-3)19-21(39)6-7-22(33)28(44)38-23(27(43)32(48)37-14-18-52-4)8-10-25(41)30(46)35-12-16-50-2/h20,22-23H,5-19,33H2,1-4H3,(H,34,45)(H,35,46)(H,36,47)(H,37,48)(H,38,44). The third-order valence-electron chi connectivity index (χ3n) is 7.25. The maximum atomic E-state index is 13.0.